The van der Waals surface area contributed by atoms with Crippen molar-refractivity contribution in [3.05, 3.63) is 65.7 Å². The summed E-state index contributed by atoms with van der Waals surface area (Å²) in [6, 6.07) is 10.6. The van der Waals surface area contributed by atoms with Crippen LogP contribution in [0.2, 0.25) is 0 Å². The molecule has 1 aliphatic heterocycles. The topological polar surface area (TPSA) is 195 Å². The zero-order valence-electron chi connectivity index (χ0n) is 22.7. The predicted octanol–water partition coefficient (Wildman–Crippen LogP) is -1.60. The first-order chi connectivity index (χ1) is 19.5. The number of benzene rings is 2. The Hall–Kier alpha value is -4.94. The highest BCUT2D eigenvalue weighted by Gasteiger charge is 2.29. The summed E-state index contributed by atoms with van der Waals surface area (Å²) in [5.74, 6) is -3.91. The third-order valence-corrected chi connectivity index (χ3v) is 6.31. The average Bonchev–Trinajstić information content (AvgIpc) is 2.94. The fourth-order valence-electron chi connectivity index (χ4n) is 4.03. The van der Waals surface area contributed by atoms with Crippen LogP contribution >= 0.6 is 0 Å². The molecule has 13 heteroatoms. The Morgan fingerprint density at radius 2 is 1.10 bits per heavy atom. The summed E-state index contributed by atoms with van der Waals surface area (Å²) < 4.78 is 0. The molecule has 0 saturated carbocycles. The molecule has 1 aliphatic rings. The van der Waals surface area contributed by atoms with Crippen molar-refractivity contribution in [2.24, 2.45) is 0 Å². The third-order valence-electron chi connectivity index (χ3n) is 6.31. The van der Waals surface area contributed by atoms with E-state index in [1.54, 1.807) is 42.5 Å². The molecule has 0 unspecified atom stereocenters. The van der Waals surface area contributed by atoms with Crippen LogP contribution in [-0.4, -0.2) is 77.8 Å². The van der Waals surface area contributed by atoms with Gasteiger partial charge in [-0.15, -0.1) is 0 Å². The molecule has 2 aromatic carbocycles. The molecule has 3 rings (SSSR count). The van der Waals surface area contributed by atoms with E-state index in [1.807, 2.05) is 0 Å². The van der Waals surface area contributed by atoms with E-state index in [4.69, 9.17) is 0 Å². The van der Waals surface area contributed by atoms with Gasteiger partial charge in [-0.25, -0.2) is 0 Å². The van der Waals surface area contributed by atoms with Crippen LogP contribution in [0.1, 0.15) is 25.0 Å². The van der Waals surface area contributed by atoms with Crippen molar-refractivity contribution in [2.75, 3.05) is 13.1 Å². The second-order valence-electron chi connectivity index (χ2n) is 9.70. The first-order valence-corrected chi connectivity index (χ1v) is 13.1. The van der Waals surface area contributed by atoms with Crippen molar-refractivity contribution >= 4 is 35.4 Å². The predicted molar refractivity (Wildman–Crippen MR) is 147 cm³/mol. The van der Waals surface area contributed by atoms with Crippen LogP contribution in [0.25, 0.3) is 0 Å². The van der Waals surface area contributed by atoms with E-state index >= 15 is 0 Å². The van der Waals surface area contributed by atoms with Gasteiger partial charge < -0.3 is 37.0 Å². The summed E-state index contributed by atoms with van der Waals surface area (Å²) in [4.78, 5) is 76.7. The van der Waals surface area contributed by atoms with Crippen molar-refractivity contribution in [1.29, 1.82) is 0 Å². The second-order valence-corrected chi connectivity index (χ2v) is 9.70. The van der Waals surface area contributed by atoms with Crippen molar-refractivity contribution in [3.8, 4) is 5.75 Å². The van der Waals surface area contributed by atoms with E-state index in [2.05, 4.69) is 31.9 Å². The molecular weight excluding hydrogens is 532 g/mol. The van der Waals surface area contributed by atoms with E-state index in [1.165, 1.54) is 26.0 Å². The Labute approximate surface area is 236 Å². The van der Waals surface area contributed by atoms with Gasteiger partial charge in [0.05, 0.1) is 13.1 Å². The maximum atomic E-state index is 13.2. The Morgan fingerprint density at radius 1 is 0.585 bits per heavy atom. The third kappa shape index (κ3) is 9.64. The number of nitrogens with one attached hydrogen (secondary N) is 6. The number of hydrogen-bond donors (Lipinski definition) is 7. The van der Waals surface area contributed by atoms with E-state index in [9.17, 15) is 33.9 Å². The van der Waals surface area contributed by atoms with Gasteiger partial charge in [-0.3, -0.25) is 28.8 Å². The van der Waals surface area contributed by atoms with Crippen LogP contribution in [0.3, 0.4) is 0 Å². The first-order valence-electron chi connectivity index (χ1n) is 13.1. The highest BCUT2D eigenvalue weighted by atomic mass is 16.3. The number of carbonyl (C=O) groups is 6. The lowest BCUT2D eigenvalue weighted by atomic mass is 10.0. The molecule has 6 amide bonds. The Bertz CT molecular complexity index is 1270. The summed E-state index contributed by atoms with van der Waals surface area (Å²) in [6.45, 7) is 1.90. The number of rotatable bonds is 4. The second kappa shape index (κ2) is 14.4. The molecule has 0 aromatic heterocycles. The van der Waals surface area contributed by atoms with Gasteiger partial charge >= 0.3 is 0 Å². The van der Waals surface area contributed by atoms with Crippen LogP contribution in [0.4, 0.5) is 0 Å². The lowest BCUT2D eigenvalue weighted by Crippen LogP contribution is -2.58. The van der Waals surface area contributed by atoms with Gasteiger partial charge in [0, 0.05) is 12.8 Å². The van der Waals surface area contributed by atoms with Crippen molar-refractivity contribution < 1.29 is 33.9 Å². The Kier molecular flexibility index (Phi) is 10.8. The molecule has 218 valence electrons. The summed E-state index contributed by atoms with van der Waals surface area (Å²) in [5, 5.41) is 24.6. The highest BCUT2D eigenvalue weighted by molar-refractivity contribution is 5.96. The number of aromatic hydroxyl groups is 1. The number of amides is 6. The molecule has 2 aromatic rings. The molecule has 1 fully saturated rings. The van der Waals surface area contributed by atoms with Crippen LogP contribution in [0.5, 0.6) is 5.75 Å². The molecule has 0 radical (unpaired) electrons. The molecule has 7 N–H and O–H groups in total. The Balaban J connectivity index is 1.84. The van der Waals surface area contributed by atoms with Gasteiger partial charge in [0.1, 0.15) is 29.9 Å². The summed E-state index contributed by atoms with van der Waals surface area (Å²) in [6.07, 6.45) is 0.130. The average molecular weight is 567 g/mol. The summed E-state index contributed by atoms with van der Waals surface area (Å²) >= 11 is 0. The monoisotopic (exact) mass is 566 g/mol. The molecule has 1 heterocycles. The van der Waals surface area contributed by atoms with Gasteiger partial charge in [0.2, 0.25) is 35.4 Å². The largest absolute Gasteiger partial charge is 0.508 e. The zero-order chi connectivity index (χ0) is 29.9. The maximum absolute atomic E-state index is 13.2. The summed E-state index contributed by atoms with van der Waals surface area (Å²) in [7, 11) is 0. The number of hydrogen-bond acceptors (Lipinski definition) is 7. The summed E-state index contributed by atoms with van der Waals surface area (Å²) in [5.41, 5.74) is 1.36. The minimum Gasteiger partial charge on any atom is -0.508 e. The van der Waals surface area contributed by atoms with Crippen LogP contribution < -0.4 is 31.9 Å². The Morgan fingerprint density at radius 3 is 1.73 bits per heavy atom. The molecule has 13 nitrogen and oxygen atoms in total. The van der Waals surface area contributed by atoms with Gasteiger partial charge in [-0.1, -0.05) is 42.5 Å². The van der Waals surface area contributed by atoms with Gasteiger partial charge in [-0.05, 0) is 37.1 Å². The number of carbonyl (C=O) groups excluding carboxylic acids is 6. The molecule has 4 atom stereocenters. The fraction of sp³-hybridized carbons (Fsp3) is 0.357. The van der Waals surface area contributed by atoms with Crippen LogP contribution in [0, 0.1) is 0 Å². The van der Waals surface area contributed by atoms with Crippen LogP contribution in [-0.2, 0) is 41.6 Å². The quantitative estimate of drug-likeness (QED) is 0.231. The lowest BCUT2D eigenvalue weighted by molar-refractivity contribution is -0.134. The maximum Gasteiger partial charge on any atom is 0.243 e. The number of phenolic OH excluding ortho intramolecular Hbond substituents is 1. The van der Waals surface area contributed by atoms with Gasteiger partial charge in [0.15, 0.2) is 0 Å². The minimum atomic E-state index is -1.14. The number of phenols is 1. The van der Waals surface area contributed by atoms with E-state index in [0.717, 1.165) is 5.56 Å². The van der Waals surface area contributed by atoms with E-state index in [-0.39, 0.29) is 18.6 Å². The van der Waals surface area contributed by atoms with Crippen molar-refractivity contribution in [3.63, 3.8) is 0 Å². The molecule has 0 spiro atoms. The normalized spacial score (nSPS) is 23.5. The van der Waals surface area contributed by atoms with E-state index < -0.39 is 72.7 Å². The molecule has 41 heavy (non-hydrogen) atoms. The fourth-order valence-corrected chi connectivity index (χ4v) is 4.03. The van der Waals surface area contributed by atoms with Crippen LogP contribution in [0.15, 0.2) is 54.6 Å². The smallest absolute Gasteiger partial charge is 0.243 e. The molecular formula is C28H34N6O7. The highest BCUT2D eigenvalue weighted by Crippen LogP contribution is 2.12. The standard InChI is InChI=1S/C28H34N6O7/c1-16-25(38)29-15-24(37)33-22(13-19-8-10-20(35)11-9-19)28(41)32-17(2)26(39)34-21(12-18-6-4-3-5-7-18)27(40)30-14-23(36)31-16/h3-11,16-17,21-22,35H,12-15H2,1-2H3,(H,29,38)(H,30,40)(H,31,36)(H,32,41)(H,33,37)(H,34,39)/t16-,17-,21-,22-/m0/s1. The van der Waals surface area contributed by atoms with Crippen molar-refractivity contribution in [1.82, 2.24) is 31.9 Å². The molecule has 1 saturated heterocycles. The first kappa shape index (κ1) is 30.6. The van der Waals surface area contributed by atoms with E-state index in [0.29, 0.717) is 5.56 Å². The lowest BCUT2D eigenvalue weighted by Gasteiger charge is -2.24. The minimum absolute atomic E-state index is 0.0195. The van der Waals surface area contributed by atoms with Crippen molar-refractivity contribution in [2.45, 2.75) is 50.9 Å². The molecule has 0 aliphatic carbocycles. The van der Waals surface area contributed by atoms with Gasteiger partial charge in [-0.2, -0.15) is 0 Å². The molecule has 0 bridgehead atoms. The van der Waals surface area contributed by atoms with Gasteiger partial charge in [0.25, 0.3) is 0 Å². The zero-order valence-corrected chi connectivity index (χ0v) is 22.7. The SMILES string of the molecule is C[C@@H]1NC(=O)CNC(=O)[C@H](Cc2ccccc2)NC(=O)[C@H](C)NC(=O)[C@H](Cc2ccc(O)cc2)NC(=O)CNC1=O.